The summed E-state index contributed by atoms with van der Waals surface area (Å²) in [5.74, 6) is 4.39. The second-order valence-corrected chi connectivity index (χ2v) is 13.7. The summed E-state index contributed by atoms with van der Waals surface area (Å²) in [6.45, 7) is 12.0. The molecule has 2 amide bonds. The molecule has 0 aromatic rings. The molecular weight excluding hydrogens is 416 g/mol. The van der Waals surface area contributed by atoms with E-state index in [4.69, 9.17) is 0 Å². The quantitative estimate of drug-likeness (QED) is 0.641. The summed E-state index contributed by atoms with van der Waals surface area (Å²) < 4.78 is 0. The molecule has 0 bridgehead atoms. The van der Waals surface area contributed by atoms with E-state index < -0.39 is 11.0 Å². The number of thioether (sulfide) groups is 2. The van der Waals surface area contributed by atoms with E-state index in [0.717, 1.165) is 30.1 Å². The second-order valence-electron chi connectivity index (χ2n) is 11.2. The van der Waals surface area contributed by atoms with E-state index in [-0.39, 0.29) is 17.1 Å². The lowest BCUT2D eigenvalue weighted by Crippen LogP contribution is -2.71. The van der Waals surface area contributed by atoms with Crippen molar-refractivity contribution >= 4 is 35.3 Å². The van der Waals surface area contributed by atoms with Gasteiger partial charge in [0.15, 0.2) is 0 Å². The Kier molecular flexibility index (Phi) is 7.45. The van der Waals surface area contributed by atoms with E-state index >= 15 is 0 Å². The van der Waals surface area contributed by atoms with Crippen LogP contribution in [0.15, 0.2) is 0 Å². The van der Waals surface area contributed by atoms with Crippen LogP contribution in [0.5, 0.6) is 0 Å². The third-order valence-electron chi connectivity index (χ3n) is 7.26. The lowest BCUT2D eigenvalue weighted by molar-refractivity contribution is -0.167. The van der Waals surface area contributed by atoms with Crippen LogP contribution in [0.25, 0.3) is 0 Å². The number of aliphatic hydroxyl groups is 1. The van der Waals surface area contributed by atoms with Gasteiger partial charge in [-0.3, -0.25) is 9.59 Å². The molecular formula is C23H40N2O3S2. The maximum absolute atomic E-state index is 12.8. The van der Waals surface area contributed by atoms with Gasteiger partial charge in [0.1, 0.15) is 0 Å². The van der Waals surface area contributed by atoms with Crippen molar-refractivity contribution in [3.63, 3.8) is 0 Å². The van der Waals surface area contributed by atoms with Crippen molar-refractivity contribution in [2.45, 2.75) is 71.2 Å². The first-order valence-electron chi connectivity index (χ1n) is 11.4. The van der Waals surface area contributed by atoms with Gasteiger partial charge in [-0.1, -0.05) is 20.8 Å². The predicted molar refractivity (Wildman–Crippen MR) is 127 cm³/mol. The molecule has 172 valence electrons. The van der Waals surface area contributed by atoms with Gasteiger partial charge in [-0.15, -0.1) is 11.8 Å². The van der Waals surface area contributed by atoms with Crippen LogP contribution in [0, 0.1) is 22.7 Å². The zero-order chi connectivity index (χ0) is 22.2. The van der Waals surface area contributed by atoms with Crippen molar-refractivity contribution in [3.05, 3.63) is 0 Å². The zero-order valence-corrected chi connectivity index (χ0v) is 21.0. The molecule has 3 rings (SSSR count). The number of nitrogens with zero attached hydrogens (tertiary/aromatic N) is 1. The third kappa shape index (κ3) is 5.69. The normalized spacial score (nSPS) is 31.0. The van der Waals surface area contributed by atoms with Crippen molar-refractivity contribution in [3.8, 4) is 0 Å². The lowest BCUT2D eigenvalue weighted by atomic mass is 9.66. The predicted octanol–water partition coefficient (Wildman–Crippen LogP) is 3.40. The Morgan fingerprint density at radius 3 is 2.47 bits per heavy atom. The van der Waals surface area contributed by atoms with Gasteiger partial charge in [-0.2, -0.15) is 11.8 Å². The Bertz CT molecular complexity index is 635. The van der Waals surface area contributed by atoms with Crippen LogP contribution < -0.4 is 5.32 Å². The topological polar surface area (TPSA) is 69.6 Å². The summed E-state index contributed by atoms with van der Waals surface area (Å²) in [6.07, 6.45) is 4.01. The molecule has 3 aliphatic rings. The molecule has 2 N–H and O–H groups in total. The molecule has 0 spiro atoms. The number of hydrogen-bond acceptors (Lipinski definition) is 5. The van der Waals surface area contributed by atoms with Crippen LogP contribution in [0.4, 0.5) is 0 Å². The number of rotatable bonds is 6. The maximum Gasteiger partial charge on any atom is 0.236 e. The van der Waals surface area contributed by atoms with Crippen molar-refractivity contribution in [1.82, 2.24) is 10.2 Å². The van der Waals surface area contributed by atoms with E-state index in [9.17, 15) is 14.7 Å². The summed E-state index contributed by atoms with van der Waals surface area (Å²) in [6, 6.07) is 0. The molecule has 2 saturated heterocycles. The van der Waals surface area contributed by atoms with E-state index in [1.807, 2.05) is 16.7 Å². The van der Waals surface area contributed by atoms with Crippen LogP contribution in [0.3, 0.4) is 0 Å². The monoisotopic (exact) mass is 456 g/mol. The minimum absolute atomic E-state index is 0.0368. The van der Waals surface area contributed by atoms with Crippen LogP contribution in [0.1, 0.15) is 60.3 Å². The number of hydrogen-bond donors (Lipinski definition) is 2. The average Bonchev–Trinajstić information content (AvgIpc) is 2.58. The molecule has 0 aromatic carbocycles. The molecule has 3 fully saturated rings. The van der Waals surface area contributed by atoms with Gasteiger partial charge in [0.05, 0.1) is 16.3 Å². The van der Waals surface area contributed by atoms with Gasteiger partial charge >= 0.3 is 0 Å². The minimum atomic E-state index is -0.952. The van der Waals surface area contributed by atoms with Gasteiger partial charge in [0, 0.05) is 43.3 Å². The fraction of sp³-hybridized carbons (Fsp3) is 0.913. The second kappa shape index (κ2) is 9.22. The highest BCUT2D eigenvalue weighted by Gasteiger charge is 2.55. The molecule has 1 aliphatic carbocycles. The Balaban J connectivity index is 1.52. The maximum atomic E-state index is 12.8. The third-order valence-corrected chi connectivity index (χ3v) is 10.0. The number of carbonyl (C=O) groups is 2. The Morgan fingerprint density at radius 2 is 1.90 bits per heavy atom. The van der Waals surface area contributed by atoms with E-state index in [2.05, 4.69) is 26.1 Å². The first-order chi connectivity index (χ1) is 13.9. The highest BCUT2D eigenvalue weighted by Crippen LogP contribution is 2.44. The van der Waals surface area contributed by atoms with Crippen LogP contribution in [-0.2, 0) is 9.59 Å². The molecule has 5 nitrogen and oxygen atoms in total. The van der Waals surface area contributed by atoms with Gasteiger partial charge < -0.3 is 15.3 Å². The minimum Gasteiger partial charge on any atom is -0.390 e. The van der Waals surface area contributed by atoms with Crippen LogP contribution in [-0.4, -0.2) is 69.6 Å². The number of carbonyl (C=O) groups excluding carboxylic acids is 2. The number of likely N-dealkylation sites (tertiary alicyclic amines) is 1. The van der Waals surface area contributed by atoms with Gasteiger partial charge in [0.2, 0.25) is 11.8 Å². The molecule has 1 saturated carbocycles. The summed E-state index contributed by atoms with van der Waals surface area (Å²) in [7, 11) is 0. The Labute approximate surface area is 190 Å². The van der Waals surface area contributed by atoms with Crippen molar-refractivity contribution < 1.29 is 14.7 Å². The fourth-order valence-electron chi connectivity index (χ4n) is 5.69. The molecule has 2 heterocycles. The molecule has 7 heteroatoms. The van der Waals surface area contributed by atoms with Crippen LogP contribution >= 0.6 is 23.5 Å². The first kappa shape index (κ1) is 24.2. The standard InChI is InChI=1S/C23H40N2O3S2/c1-16-8-17(11-21(2,3)10-16)9-19(26)24-13-23(22(4,5)28)14-25(15-23)20(27)18-12-29-6-7-30-18/h16-18,28H,6-15H2,1-5H3,(H,24,26). The van der Waals surface area contributed by atoms with Crippen molar-refractivity contribution in [1.29, 1.82) is 0 Å². The number of nitrogens with one attached hydrogen (secondary N) is 1. The highest BCUT2D eigenvalue weighted by atomic mass is 32.2. The summed E-state index contributed by atoms with van der Waals surface area (Å²) in [4.78, 5) is 27.4. The summed E-state index contributed by atoms with van der Waals surface area (Å²) >= 11 is 3.59. The molecule has 3 atom stereocenters. The summed E-state index contributed by atoms with van der Waals surface area (Å²) in [5, 5.41) is 14.0. The summed E-state index contributed by atoms with van der Waals surface area (Å²) in [5.41, 5.74) is -1.11. The van der Waals surface area contributed by atoms with Gasteiger partial charge in [-0.25, -0.2) is 0 Å². The van der Waals surface area contributed by atoms with Gasteiger partial charge in [-0.05, 0) is 50.4 Å². The van der Waals surface area contributed by atoms with E-state index in [0.29, 0.717) is 43.3 Å². The van der Waals surface area contributed by atoms with E-state index in [1.165, 1.54) is 6.42 Å². The molecule has 2 aliphatic heterocycles. The number of amides is 2. The fourth-order valence-corrected chi connectivity index (χ4v) is 8.32. The van der Waals surface area contributed by atoms with Crippen molar-refractivity contribution in [2.75, 3.05) is 36.9 Å². The zero-order valence-electron chi connectivity index (χ0n) is 19.3. The first-order valence-corrected chi connectivity index (χ1v) is 13.6. The Hall–Kier alpha value is -0.400. The largest absolute Gasteiger partial charge is 0.390 e. The SMILES string of the molecule is CC1CC(CC(=O)NCC2(C(C)(C)O)CN(C(=O)C3CSCCS3)C2)CC(C)(C)C1. The van der Waals surface area contributed by atoms with Crippen LogP contribution in [0.2, 0.25) is 0 Å². The molecule has 0 aromatic heterocycles. The molecule has 0 radical (unpaired) electrons. The lowest BCUT2D eigenvalue weighted by Gasteiger charge is -2.56. The average molecular weight is 457 g/mol. The molecule has 30 heavy (non-hydrogen) atoms. The highest BCUT2D eigenvalue weighted by molar-refractivity contribution is 8.07. The van der Waals surface area contributed by atoms with Crippen molar-refractivity contribution in [2.24, 2.45) is 22.7 Å². The van der Waals surface area contributed by atoms with Gasteiger partial charge in [0.25, 0.3) is 0 Å². The van der Waals surface area contributed by atoms with E-state index in [1.54, 1.807) is 25.6 Å². The Morgan fingerprint density at radius 1 is 1.20 bits per heavy atom. The smallest absolute Gasteiger partial charge is 0.236 e. The molecule has 3 unspecified atom stereocenters.